The molecular formula is C18H15N3S. The molecule has 0 atom stereocenters. The van der Waals surface area contributed by atoms with Crippen LogP contribution in [0.3, 0.4) is 0 Å². The maximum atomic E-state index is 8.82. The monoisotopic (exact) mass is 305 g/mol. The van der Waals surface area contributed by atoms with Gasteiger partial charge in [0, 0.05) is 0 Å². The van der Waals surface area contributed by atoms with Gasteiger partial charge in [-0.25, -0.2) is 4.98 Å². The van der Waals surface area contributed by atoms with Gasteiger partial charge in [0.2, 0.25) is 0 Å². The minimum absolute atomic E-state index is 0.403. The van der Waals surface area contributed by atoms with Gasteiger partial charge in [-0.2, -0.15) is 5.26 Å². The molecule has 3 aromatic rings. The summed E-state index contributed by atoms with van der Waals surface area (Å²) in [6.45, 7) is 0.749. The molecule has 0 N–H and O–H groups in total. The quantitative estimate of drug-likeness (QED) is 0.663. The van der Waals surface area contributed by atoms with Crippen molar-refractivity contribution in [1.29, 1.82) is 5.26 Å². The van der Waals surface area contributed by atoms with E-state index < -0.39 is 0 Å². The highest BCUT2D eigenvalue weighted by molar-refractivity contribution is 7.99. The molecule has 3 nitrogen and oxygen atoms in total. The van der Waals surface area contributed by atoms with E-state index in [1.807, 2.05) is 42.6 Å². The molecule has 0 aliphatic heterocycles. The highest BCUT2D eigenvalue weighted by Crippen LogP contribution is 2.26. The van der Waals surface area contributed by atoms with E-state index >= 15 is 0 Å². The Morgan fingerprint density at radius 3 is 2.36 bits per heavy atom. The lowest BCUT2D eigenvalue weighted by Crippen LogP contribution is -2.03. The summed E-state index contributed by atoms with van der Waals surface area (Å²) in [6.07, 6.45) is 1.89. The van der Waals surface area contributed by atoms with E-state index in [-0.39, 0.29) is 0 Å². The molecule has 0 amide bonds. The van der Waals surface area contributed by atoms with E-state index in [0.717, 1.165) is 23.0 Å². The van der Waals surface area contributed by atoms with Crippen molar-refractivity contribution in [2.75, 3.05) is 5.75 Å². The molecule has 1 heterocycles. The maximum Gasteiger partial charge on any atom is 0.169 e. The van der Waals surface area contributed by atoms with E-state index in [2.05, 4.69) is 39.9 Å². The molecule has 0 spiro atoms. The fourth-order valence-corrected chi connectivity index (χ4v) is 2.97. The Morgan fingerprint density at radius 1 is 1.00 bits per heavy atom. The molecule has 0 radical (unpaired) electrons. The average Bonchev–Trinajstić information content (AvgIpc) is 2.97. The van der Waals surface area contributed by atoms with Gasteiger partial charge in [0.05, 0.1) is 30.3 Å². The van der Waals surface area contributed by atoms with Crippen molar-refractivity contribution in [2.24, 2.45) is 0 Å². The molecule has 0 saturated heterocycles. The standard InChI is InChI=1S/C18H15N3S/c19-11-12-22-18-20-13-17(16-9-5-2-6-10-16)21(18)14-15-7-3-1-4-8-15/h1-10,13H,12,14H2. The maximum absolute atomic E-state index is 8.82. The van der Waals surface area contributed by atoms with E-state index in [0.29, 0.717) is 5.75 Å². The van der Waals surface area contributed by atoms with Crippen molar-refractivity contribution < 1.29 is 0 Å². The SMILES string of the molecule is N#CCSc1ncc(-c2ccccc2)n1Cc1ccccc1. The van der Waals surface area contributed by atoms with Crippen LogP contribution in [0.1, 0.15) is 5.56 Å². The fraction of sp³-hybridized carbons (Fsp3) is 0.111. The second kappa shape index (κ2) is 6.97. The van der Waals surface area contributed by atoms with Gasteiger partial charge in [-0.05, 0) is 11.1 Å². The van der Waals surface area contributed by atoms with Gasteiger partial charge in [0.25, 0.3) is 0 Å². The van der Waals surface area contributed by atoms with Gasteiger partial charge in [0.1, 0.15) is 0 Å². The number of rotatable bonds is 5. The first-order valence-electron chi connectivity index (χ1n) is 7.03. The van der Waals surface area contributed by atoms with Crippen molar-refractivity contribution in [1.82, 2.24) is 9.55 Å². The molecule has 108 valence electrons. The Balaban J connectivity index is 2.00. The third-order valence-corrected chi connectivity index (χ3v) is 4.20. The summed E-state index contributed by atoms with van der Waals surface area (Å²) in [7, 11) is 0. The van der Waals surface area contributed by atoms with Gasteiger partial charge in [0.15, 0.2) is 5.16 Å². The van der Waals surface area contributed by atoms with Gasteiger partial charge in [-0.15, -0.1) is 0 Å². The smallest absolute Gasteiger partial charge is 0.169 e. The Labute approximate surface area is 134 Å². The third kappa shape index (κ3) is 3.21. The van der Waals surface area contributed by atoms with Crippen LogP contribution in [0.25, 0.3) is 11.3 Å². The van der Waals surface area contributed by atoms with E-state index in [9.17, 15) is 0 Å². The van der Waals surface area contributed by atoms with Gasteiger partial charge in [-0.1, -0.05) is 72.4 Å². The van der Waals surface area contributed by atoms with Crippen LogP contribution in [-0.4, -0.2) is 15.3 Å². The minimum Gasteiger partial charge on any atom is -0.314 e. The van der Waals surface area contributed by atoms with Crippen LogP contribution in [-0.2, 0) is 6.54 Å². The molecule has 0 unspecified atom stereocenters. The van der Waals surface area contributed by atoms with Crippen LogP contribution < -0.4 is 0 Å². The zero-order chi connectivity index (χ0) is 15.2. The van der Waals surface area contributed by atoms with Crippen molar-refractivity contribution in [3.63, 3.8) is 0 Å². The molecule has 0 fully saturated rings. The second-order valence-electron chi connectivity index (χ2n) is 4.81. The number of aromatic nitrogens is 2. The first-order valence-corrected chi connectivity index (χ1v) is 8.01. The van der Waals surface area contributed by atoms with Crippen molar-refractivity contribution in [2.45, 2.75) is 11.7 Å². The molecular weight excluding hydrogens is 290 g/mol. The number of benzene rings is 2. The second-order valence-corrected chi connectivity index (χ2v) is 5.75. The predicted octanol–water partition coefficient (Wildman–Crippen LogP) is 4.21. The van der Waals surface area contributed by atoms with Crippen LogP contribution in [0.2, 0.25) is 0 Å². The zero-order valence-corrected chi connectivity index (χ0v) is 12.8. The zero-order valence-electron chi connectivity index (χ0n) is 12.0. The summed E-state index contributed by atoms with van der Waals surface area (Å²) >= 11 is 1.47. The van der Waals surface area contributed by atoms with Crippen molar-refractivity contribution in [3.8, 4) is 17.3 Å². The molecule has 0 saturated carbocycles. The molecule has 1 aromatic heterocycles. The Hall–Kier alpha value is -2.51. The lowest BCUT2D eigenvalue weighted by atomic mass is 10.1. The highest BCUT2D eigenvalue weighted by atomic mass is 32.2. The molecule has 4 heteroatoms. The van der Waals surface area contributed by atoms with Gasteiger partial charge in [-0.3, -0.25) is 0 Å². The number of nitriles is 1. The Morgan fingerprint density at radius 2 is 1.68 bits per heavy atom. The van der Waals surface area contributed by atoms with Crippen LogP contribution in [0.4, 0.5) is 0 Å². The van der Waals surface area contributed by atoms with Gasteiger partial charge < -0.3 is 4.57 Å². The summed E-state index contributed by atoms with van der Waals surface area (Å²) in [5.41, 5.74) is 3.43. The van der Waals surface area contributed by atoms with Crippen LogP contribution in [0.15, 0.2) is 72.0 Å². The summed E-state index contributed by atoms with van der Waals surface area (Å²) in [6, 6.07) is 22.7. The third-order valence-electron chi connectivity index (χ3n) is 3.34. The molecule has 22 heavy (non-hydrogen) atoms. The summed E-state index contributed by atoms with van der Waals surface area (Å²) in [5.74, 6) is 0.403. The van der Waals surface area contributed by atoms with E-state index in [1.54, 1.807) is 0 Å². The van der Waals surface area contributed by atoms with Crippen LogP contribution in [0.5, 0.6) is 0 Å². The first kappa shape index (κ1) is 14.4. The summed E-state index contributed by atoms with van der Waals surface area (Å²) in [5, 5.41) is 9.70. The van der Waals surface area contributed by atoms with Gasteiger partial charge >= 0.3 is 0 Å². The molecule has 2 aromatic carbocycles. The fourth-order valence-electron chi connectivity index (χ4n) is 2.33. The predicted molar refractivity (Wildman–Crippen MR) is 89.5 cm³/mol. The molecule has 0 bridgehead atoms. The first-order chi connectivity index (χ1) is 10.9. The average molecular weight is 305 g/mol. The largest absolute Gasteiger partial charge is 0.314 e. The number of imidazole rings is 1. The number of hydrogen-bond acceptors (Lipinski definition) is 3. The minimum atomic E-state index is 0.403. The van der Waals surface area contributed by atoms with Crippen molar-refractivity contribution >= 4 is 11.8 Å². The number of thioether (sulfide) groups is 1. The summed E-state index contributed by atoms with van der Waals surface area (Å²) < 4.78 is 2.17. The lowest BCUT2D eigenvalue weighted by molar-refractivity contribution is 0.716. The lowest BCUT2D eigenvalue weighted by Gasteiger charge is -2.11. The topological polar surface area (TPSA) is 41.6 Å². The Kier molecular flexibility index (Phi) is 4.57. The molecule has 0 aliphatic rings. The van der Waals surface area contributed by atoms with Crippen LogP contribution in [0, 0.1) is 11.3 Å². The van der Waals surface area contributed by atoms with E-state index in [1.165, 1.54) is 17.3 Å². The van der Waals surface area contributed by atoms with E-state index in [4.69, 9.17) is 5.26 Å². The number of nitrogens with zero attached hydrogens (tertiary/aromatic N) is 3. The molecule has 0 aliphatic carbocycles. The summed E-state index contributed by atoms with van der Waals surface area (Å²) in [4.78, 5) is 4.50. The van der Waals surface area contributed by atoms with Crippen molar-refractivity contribution in [3.05, 3.63) is 72.4 Å². The molecule has 3 rings (SSSR count). The Bertz CT molecular complexity index is 773. The normalized spacial score (nSPS) is 10.3. The highest BCUT2D eigenvalue weighted by Gasteiger charge is 2.12. The number of hydrogen-bond donors (Lipinski definition) is 0. The van der Waals surface area contributed by atoms with Crippen LogP contribution >= 0.6 is 11.8 Å².